The maximum atomic E-state index is 11.5. The van der Waals surface area contributed by atoms with Crippen molar-refractivity contribution in [2.24, 2.45) is 5.92 Å². The van der Waals surface area contributed by atoms with Crippen LogP contribution in [0.25, 0.3) is 0 Å². The molecule has 0 spiro atoms. The van der Waals surface area contributed by atoms with Gasteiger partial charge in [-0.25, -0.2) is 0 Å². The molecule has 0 saturated heterocycles. The van der Waals surface area contributed by atoms with E-state index in [4.69, 9.17) is 0 Å². The topological polar surface area (TPSA) is 21.3 Å². The Kier molecular flexibility index (Phi) is 6.07. The molecule has 0 aromatic carbocycles. The van der Waals surface area contributed by atoms with Gasteiger partial charge in [0.25, 0.3) is 0 Å². The van der Waals surface area contributed by atoms with Gasteiger partial charge in [-0.1, -0.05) is 13.8 Å². The van der Waals surface area contributed by atoms with Crippen molar-refractivity contribution < 1.29 is 17.9 Å². The summed E-state index contributed by atoms with van der Waals surface area (Å²) in [7, 11) is 0. The Morgan fingerprint density at radius 1 is 1.31 bits per heavy atom. The SMILES string of the molecule is CC(C)CNCCCOC(F)(F)F. The highest BCUT2D eigenvalue weighted by Gasteiger charge is 2.28. The number of hydrogen-bond donors (Lipinski definition) is 1. The van der Waals surface area contributed by atoms with Gasteiger partial charge in [-0.3, -0.25) is 4.74 Å². The van der Waals surface area contributed by atoms with Crippen molar-refractivity contribution in [3.63, 3.8) is 0 Å². The van der Waals surface area contributed by atoms with Gasteiger partial charge in [-0.05, 0) is 25.4 Å². The molecule has 13 heavy (non-hydrogen) atoms. The molecule has 2 nitrogen and oxygen atoms in total. The Hall–Kier alpha value is -0.290. The maximum Gasteiger partial charge on any atom is 0.522 e. The van der Waals surface area contributed by atoms with Gasteiger partial charge < -0.3 is 5.32 Å². The third kappa shape index (κ3) is 11.7. The second-order valence-electron chi connectivity index (χ2n) is 3.25. The van der Waals surface area contributed by atoms with Crippen LogP contribution in [0.15, 0.2) is 0 Å². The van der Waals surface area contributed by atoms with Gasteiger partial charge in [-0.15, -0.1) is 13.2 Å². The molecule has 0 aliphatic rings. The van der Waals surface area contributed by atoms with E-state index in [2.05, 4.69) is 10.1 Å². The standard InChI is InChI=1S/C8H16F3NO/c1-7(2)6-12-4-3-5-13-8(9,10)11/h7,12H,3-6H2,1-2H3. The lowest BCUT2D eigenvalue weighted by Crippen LogP contribution is -2.23. The number of hydrogen-bond acceptors (Lipinski definition) is 2. The smallest absolute Gasteiger partial charge is 0.316 e. The van der Waals surface area contributed by atoms with Crippen molar-refractivity contribution >= 4 is 0 Å². The van der Waals surface area contributed by atoms with Crippen LogP contribution >= 0.6 is 0 Å². The molecule has 0 fully saturated rings. The van der Waals surface area contributed by atoms with Gasteiger partial charge in [0.15, 0.2) is 0 Å². The predicted octanol–water partition coefficient (Wildman–Crippen LogP) is 2.16. The summed E-state index contributed by atoms with van der Waals surface area (Å²) in [5.74, 6) is 0.517. The van der Waals surface area contributed by atoms with E-state index in [-0.39, 0.29) is 6.61 Å². The van der Waals surface area contributed by atoms with Crippen LogP contribution < -0.4 is 5.32 Å². The van der Waals surface area contributed by atoms with Crippen LogP contribution in [0.1, 0.15) is 20.3 Å². The number of nitrogens with one attached hydrogen (secondary N) is 1. The minimum Gasteiger partial charge on any atom is -0.316 e. The highest BCUT2D eigenvalue weighted by molar-refractivity contribution is 4.50. The molecule has 0 amide bonds. The van der Waals surface area contributed by atoms with Crippen LogP contribution in [0.2, 0.25) is 0 Å². The highest BCUT2D eigenvalue weighted by Crippen LogP contribution is 2.15. The second-order valence-corrected chi connectivity index (χ2v) is 3.25. The summed E-state index contributed by atoms with van der Waals surface area (Å²) in [6.45, 7) is 5.20. The van der Waals surface area contributed by atoms with E-state index in [9.17, 15) is 13.2 Å². The molecule has 0 aliphatic heterocycles. The van der Waals surface area contributed by atoms with E-state index in [1.54, 1.807) is 0 Å². The summed E-state index contributed by atoms with van der Waals surface area (Å²) in [4.78, 5) is 0. The van der Waals surface area contributed by atoms with Gasteiger partial charge in [0.1, 0.15) is 0 Å². The third-order valence-corrected chi connectivity index (χ3v) is 1.32. The fraction of sp³-hybridized carbons (Fsp3) is 1.00. The maximum absolute atomic E-state index is 11.5. The first kappa shape index (κ1) is 12.7. The molecular formula is C8H16F3NO. The van der Waals surface area contributed by atoms with E-state index in [0.29, 0.717) is 18.9 Å². The first-order valence-corrected chi connectivity index (χ1v) is 4.33. The quantitative estimate of drug-likeness (QED) is 0.662. The summed E-state index contributed by atoms with van der Waals surface area (Å²) in [5, 5.41) is 3.02. The lowest BCUT2D eigenvalue weighted by Gasteiger charge is -2.08. The number of rotatable bonds is 6. The van der Waals surface area contributed by atoms with Crippen molar-refractivity contribution in [1.82, 2.24) is 5.32 Å². The minimum atomic E-state index is -4.49. The Labute approximate surface area is 76.5 Å². The van der Waals surface area contributed by atoms with Crippen LogP contribution in [-0.2, 0) is 4.74 Å². The van der Waals surface area contributed by atoms with Gasteiger partial charge in [0.2, 0.25) is 0 Å². The molecule has 0 radical (unpaired) electrons. The fourth-order valence-corrected chi connectivity index (χ4v) is 0.776. The molecule has 0 unspecified atom stereocenters. The summed E-state index contributed by atoms with van der Waals surface area (Å²) >= 11 is 0. The van der Waals surface area contributed by atoms with Crippen LogP contribution in [0.4, 0.5) is 13.2 Å². The Morgan fingerprint density at radius 2 is 1.92 bits per heavy atom. The monoisotopic (exact) mass is 199 g/mol. The largest absolute Gasteiger partial charge is 0.522 e. The number of halogens is 3. The molecule has 0 saturated carbocycles. The van der Waals surface area contributed by atoms with Crippen molar-refractivity contribution in [3.05, 3.63) is 0 Å². The van der Waals surface area contributed by atoms with Gasteiger partial charge in [0.05, 0.1) is 6.61 Å². The van der Waals surface area contributed by atoms with Gasteiger partial charge >= 0.3 is 6.36 Å². The van der Waals surface area contributed by atoms with Crippen LogP contribution in [0.3, 0.4) is 0 Å². The first-order valence-electron chi connectivity index (χ1n) is 4.33. The van der Waals surface area contributed by atoms with Crippen LogP contribution in [0, 0.1) is 5.92 Å². The molecule has 1 N–H and O–H groups in total. The molecule has 0 atom stereocenters. The molecule has 5 heteroatoms. The van der Waals surface area contributed by atoms with Gasteiger partial charge in [-0.2, -0.15) is 0 Å². The summed E-state index contributed by atoms with van der Waals surface area (Å²) in [5.41, 5.74) is 0. The van der Waals surface area contributed by atoms with Crippen molar-refractivity contribution in [1.29, 1.82) is 0 Å². The zero-order valence-corrected chi connectivity index (χ0v) is 7.95. The lowest BCUT2D eigenvalue weighted by atomic mass is 10.2. The summed E-state index contributed by atoms with van der Waals surface area (Å²) in [6.07, 6.45) is -4.11. The zero-order valence-electron chi connectivity index (χ0n) is 7.95. The second kappa shape index (κ2) is 6.21. The van der Waals surface area contributed by atoms with Crippen molar-refractivity contribution in [3.8, 4) is 0 Å². The molecular weight excluding hydrogens is 183 g/mol. The minimum absolute atomic E-state index is 0.269. The molecule has 0 heterocycles. The zero-order chi connectivity index (χ0) is 10.3. The average molecular weight is 199 g/mol. The van der Waals surface area contributed by atoms with Crippen molar-refractivity contribution in [2.45, 2.75) is 26.6 Å². The molecule has 0 aromatic heterocycles. The van der Waals surface area contributed by atoms with Crippen molar-refractivity contribution in [2.75, 3.05) is 19.7 Å². The molecule has 0 aromatic rings. The fourth-order valence-electron chi connectivity index (χ4n) is 0.776. The summed E-state index contributed by atoms with van der Waals surface area (Å²) in [6, 6.07) is 0. The van der Waals surface area contributed by atoms with Crippen LogP contribution in [-0.4, -0.2) is 26.1 Å². The molecule has 80 valence electrons. The Bertz CT molecular complexity index is 125. The number of alkyl halides is 3. The highest BCUT2D eigenvalue weighted by atomic mass is 19.4. The Balaban J connectivity index is 3.09. The average Bonchev–Trinajstić information content (AvgIpc) is 1.93. The van der Waals surface area contributed by atoms with E-state index in [1.165, 1.54) is 0 Å². The predicted molar refractivity (Wildman–Crippen MR) is 44.3 cm³/mol. The van der Waals surface area contributed by atoms with E-state index in [1.807, 2.05) is 13.8 Å². The van der Waals surface area contributed by atoms with Crippen LogP contribution in [0.5, 0.6) is 0 Å². The Morgan fingerprint density at radius 3 is 2.38 bits per heavy atom. The van der Waals surface area contributed by atoms with Gasteiger partial charge in [0, 0.05) is 0 Å². The molecule has 0 rings (SSSR count). The third-order valence-electron chi connectivity index (χ3n) is 1.32. The number of ether oxygens (including phenoxy) is 1. The van der Waals surface area contributed by atoms with E-state index in [0.717, 1.165) is 6.54 Å². The molecule has 0 bridgehead atoms. The summed E-state index contributed by atoms with van der Waals surface area (Å²) < 4.78 is 37.9. The first-order chi connectivity index (χ1) is 5.92. The van der Waals surface area contributed by atoms with E-state index >= 15 is 0 Å². The molecule has 0 aliphatic carbocycles. The normalized spacial score (nSPS) is 12.5. The van der Waals surface area contributed by atoms with E-state index < -0.39 is 6.36 Å². The lowest BCUT2D eigenvalue weighted by molar-refractivity contribution is -0.324.